The van der Waals surface area contributed by atoms with Gasteiger partial charge in [0.25, 0.3) is 0 Å². The number of aromatic nitrogens is 2. The summed E-state index contributed by atoms with van der Waals surface area (Å²) in [7, 11) is 3.88. The number of carbonyl (C=O) groups is 1. The lowest BCUT2D eigenvalue weighted by Gasteiger charge is -2.31. The van der Waals surface area contributed by atoms with Crippen LogP contribution in [0.15, 0.2) is 24.3 Å². The van der Waals surface area contributed by atoms with Gasteiger partial charge in [-0.15, -0.1) is 0 Å². The van der Waals surface area contributed by atoms with E-state index in [1.807, 2.05) is 48.2 Å². The molecule has 0 saturated carbocycles. The van der Waals surface area contributed by atoms with Crippen LogP contribution in [0.5, 0.6) is 0 Å². The second-order valence-corrected chi connectivity index (χ2v) is 8.75. The molecule has 150 valence electrons. The van der Waals surface area contributed by atoms with Gasteiger partial charge in [0.2, 0.25) is 17.0 Å². The Bertz CT molecular complexity index is 828. The topological polar surface area (TPSA) is 61.8 Å². The second-order valence-electron chi connectivity index (χ2n) is 7.58. The number of ether oxygens (including phenoxy) is 1. The first-order chi connectivity index (χ1) is 13.5. The van der Waals surface area contributed by atoms with Crippen LogP contribution in [-0.4, -0.2) is 73.1 Å². The fraction of sp³-hybridized carbons (Fsp3) is 0.526. The molecule has 2 aliphatic rings. The number of hydrogen-bond acceptors (Lipinski definition) is 7. The van der Waals surface area contributed by atoms with Crippen molar-refractivity contribution in [2.75, 3.05) is 56.7 Å². The van der Waals surface area contributed by atoms with Crippen LogP contribution in [0.3, 0.4) is 0 Å². The summed E-state index contributed by atoms with van der Waals surface area (Å²) in [5, 5.41) is 1.59. The molecular formula is C19H24ClN5O2S. The Morgan fingerprint density at radius 3 is 2.75 bits per heavy atom. The summed E-state index contributed by atoms with van der Waals surface area (Å²) in [5.74, 6) is 1.12. The van der Waals surface area contributed by atoms with Gasteiger partial charge in [-0.25, -0.2) is 0 Å². The lowest BCUT2D eigenvalue weighted by Crippen LogP contribution is -2.47. The number of rotatable bonds is 4. The average molecular weight is 422 g/mol. The maximum absolute atomic E-state index is 13.1. The highest BCUT2D eigenvalue weighted by Crippen LogP contribution is 2.28. The highest BCUT2D eigenvalue weighted by Gasteiger charge is 2.36. The normalized spacial score (nSPS) is 22.1. The van der Waals surface area contributed by atoms with E-state index in [2.05, 4.69) is 14.3 Å². The summed E-state index contributed by atoms with van der Waals surface area (Å²) >= 11 is 7.37. The van der Waals surface area contributed by atoms with Crippen molar-refractivity contribution >= 4 is 40.1 Å². The van der Waals surface area contributed by atoms with E-state index in [-0.39, 0.29) is 17.9 Å². The van der Waals surface area contributed by atoms with Crippen LogP contribution in [0, 0.1) is 5.92 Å². The summed E-state index contributed by atoms with van der Waals surface area (Å²) in [5.41, 5.74) is 0.978. The van der Waals surface area contributed by atoms with E-state index in [1.54, 1.807) is 0 Å². The van der Waals surface area contributed by atoms with E-state index >= 15 is 0 Å². The summed E-state index contributed by atoms with van der Waals surface area (Å²) in [6, 6.07) is 7.49. The number of anilines is 2. The predicted molar refractivity (Wildman–Crippen MR) is 111 cm³/mol. The van der Waals surface area contributed by atoms with Crippen molar-refractivity contribution < 1.29 is 9.53 Å². The Balaban J connectivity index is 1.50. The van der Waals surface area contributed by atoms with Gasteiger partial charge in [0, 0.05) is 56.2 Å². The summed E-state index contributed by atoms with van der Waals surface area (Å²) in [6.07, 6.45) is 0.379. The molecule has 2 fully saturated rings. The van der Waals surface area contributed by atoms with E-state index in [1.165, 1.54) is 11.5 Å². The molecule has 2 aliphatic heterocycles. The number of carbonyl (C=O) groups excluding carboxylic acids is 1. The molecule has 0 aliphatic carbocycles. The van der Waals surface area contributed by atoms with Crippen LogP contribution in [0.4, 0.5) is 11.1 Å². The Labute approximate surface area is 174 Å². The van der Waals surface area contributed by atoms with E-state index in [0.29, 0.717) is 37.7 Å². The van der Waals surface area contributed by atoms with Crippen LogP contribution >= 0.6 is 23.1 Å². The molecule has 2 saturated heterocycles. The molecule has 0 unspecified atom stereocenters. The molecular weight excluding hydrogens is 398 g/mol. The van der Waals surface area contributed by atoms with Crippen molar-refractivity contribution in [3.63, 3.8) is 0 Å². The highest BCUT2D eigenvalue weighted by molar-refractivity contribution is 7.09. The van der Waals surface area contributed by atoms with Crippen molar-refractivity contribution in [1.29, 1.82) is 0 Å². The zero-order chi connectivity index (χ0) is 19.7. The van der Waals surface area contributed by atoms with Crippen LogP contribution in [0.2, 0.25) is 5.02 Å². The first-order valence-corrected chi connectivity index (χ1v) is 10.5. The number of halogens is 1. The summed E-state index contributed by atoms with van der Waals surface area (Å²) < 4.78 is 10.3. The quantitative estimate of drug-likeness (QED) is 0.754. The molecule has 9 heteroatoms. The lowest BCUT2D eigenvalue weighted by molar-refractivity contribution is -0.132. The number of amides is 1. The fourth-order valence-corrected chi connectivity index (χ4v) is 4.58. The molecule has 28 heavy (non-hydrogen) atoms. The number of hydrogen-bond donors (Lipinski definition) is 0. The molecule has 0 radical (unpaired) electrons. The first-order valence-electron chi connectivity index (χ1n) is 9.37. The van der Waals surface area contributed by atoms with Gasteiger partial charge in [0.1, 0.15) is 0 Å². The van der Waals surface area contributed by atoms with Crippen LogP contribution < -0.4 is 9.80 Å². The molecule has 0 spiro atoms. The van der Waals surface area contributed by atoms with Gasteiger partial charge in [0.05, 0.1) is 25.7 Å². The molecule has 7 nitrogen and oxygen atoms in total. The number of benzene rings is 1. The monoisotopic (exact) mass is 421 g/mol. The Morgan fingerprint density at radius 2 is 2.04 bits per heavy atom. The van der Waals surface area contributed by atoms with Gasteiger partial charge < -0.3 is 19.4 Å². The van der Waals surface area contributed by atoms with Crippen molar-refractivity contribution in [2.45, 2.75) is 12.5 Å². The summed E-state index contributed by atoms with van der Waals surface area (Å²) in [4.78, 5) is 23.9. The van der Waals surface area contributed by atoms with Gasteiger partial charge in [-0.2, -0.15) is 9.36 Å². The Hall–Kier alpha value is -1.90. The third-order valence-electron chi connectivity index (χ3n) is 5.13. The molecule has 0 N–H and O–H groups in total. The van der Waals surface area contributed by atoms with Crippen molar-refractivity contribution in [3.05, 3.63) is 34.9 Å². The number of nitrogens with zero attached hydrogens (tertiary/aromatic N) is 5. The fourth-order valence-electron chi connectivity index (χ4n) is 3.70. The average Bonchev–Trinajstić information content (AvgIpc) is 2.97. The molecule has 2 atom stereocenters. The lowest BCUT2D eigenvalue weighted by atomic mass is 10.1. The van der Waals surface area contributed by atoms with Gasteiger partial charge in [-0.05, 0) is 17.7 Å². The standard InChI is InChI=1S/C19H24ClN5O2S/c1-23(2)18-21-19(28-22-18)24-8-14-9-25(16(10-24)12-27-11-14)17(26)7-13-3-5-15(20)6-4-13/h3-6,14,16H,7-12H2,1-2H3/t14-,16-/m0/s1. The van der Waals surface area contributed by atoms with E-state index in [4.69, 9.17) is 16.3 Å². The minimum Gasteiger partial charge on any atom is -0.379 e. The van der Waals surface area contributed by atoms with Crippen LogP contribution in [0.1, 0.15) is 5.56 Å². The zero-order valence-corrected chi connectivity index (χ0v) is 17.6. The maximum Gasteiger partial charge on any atom is 0.238 e. The highest BCUT2D eigenvalue weighted by atomic mass is 35.5. The minimum absolute atomic E-state index is 0.0130. The molecule has 1 aromatic carbocycles. The van der Waals surface area contributed by atoms with E-state index in [0.717, 1.165) is 23.2 Å². The van der Waals surface area contributed by atoms with Crippen LogP contribution in [0.25, 0.3) is 0 Å². The van der Waals surface area contributed by atoms with Crippen molar-refractivity contribution in [1.82, 2.24) is 14.3 Å². The molecule has 1 amide bonds. The van der Waals surface area contributed by atoms with Crippen molar-refractivity contribution in [3.8, 4) is 0 Å². The third kappa shape index (κ3) is 4.24. The molecule has 3 heterocycles. The molecule has 2 aromatic rings. The van der Waals surface area contributed by atoms with Gasteiger partial charge in [-0.3, -0.25) is 4.79 Å². The first kappa shape index (κ1) is 19.4. The van der Waals surface area contributed by atoms with Crippen LogP contribution in [-0.2, 0) is 16.0 Å². The Morgan fingerprint density at radius 1 is 1.25 bits per heavy atom. The van der Waals surface area contributed by atoms with Gasteiger partial charge in [-0.1, -0.05) is 23.7 Å². The number of fused-ring (bicyclic) bond motifs is 3. The van der Waals surface area contributed by atoms with Gasteiger partial charge >= 0.3 is 0 Å². The summed E-state index contributed by atoms with van der Waals surface area (Å²) in [6.45, 7) is 3.47. The SMILES string of the molecule is CN(C)c1nsc(N2C[C@@H]3COC[C@H](C2)N(C(=O)Cc2ccc(Cl)cc2)C3)n1. The second kappa shape index (κ2) is 8.23. The largest absolute Gasteiger partial charge is 0.379 e. The zero-order valence-electron chi connectivity index (χ0n) is 16.0. The van der Waals surface area contributed by atoms with E-state index < -0.39 is 0 Å². The maximum atomic E-state index is 13.1. The van der Waals surface area contributed by atoms with E-state index in [9.17, 15) is 4.79 Å². The molecule has 1 aromatic heterocycles. The molecule has 2 bridgehead atoms. The molecule has 4 rings (SSSR count). The third-order valence-corrected chi connectivity index (χ3v) is 6.15. The smallest absolute Gasteiger partial charge is 0.238 e. The minimum atomic E-state index is 0.0130. The van der Waals surface area contributed by atoms with Gasteiger partial charge in [0.15, 0.2) is 0 Å². The Kier molecular flexibility index (Phi) is 5.70. The van der Waals surface area contributed by atoms with Crippen molar-refractivity contribution in [2.24, 2.45) is 5.92 Å². The predicted octanol–water partition coefficient (Wildman–Crippen LogP) is 2.16.